The summed E-state index contributed by atoms with van der Waals surface area (Å²) in [5.41, 5.74) is 1.42. The summed E-state index contributed by atoms with van der Waals surface area (Å²) >= 11 is 1.35. The first-order chi connectivity index (χ1) is 17.5. The molecule has 8 nitrogen and oxygen atoms in total. The van der Waals surface area contributed by atoms with Crippen molar-refractivity contribution in [1.29, 1.82) is 0 Å². The highest BCUT2D eigenvalue weighted by molar-refractivity contribution is 7.92. The molecule has 5 rings (SSSR count). The standard InChI is InChI=1S/C26H24N4O4S2/c1-34-23-13-6-5-12-22(23)30(17-18-8-3-2-4-9-18)36(32,33)21-11-7-10-20(16-21)24(31)27-26-29-28-25(35-26)19-14-15-19/h2-13,16,19H,14-15,17H2,1H3,(H,27,29,31). The Morgan fingerprint density at radius 3 is 2.53 bits per heavy atom. The molecule has 0 unspecified atom stereocenters. The highest BCUT2D eigenvalue weighted by atomic mass is 32.2. The summed E-state index contributed by atoms with van der Waals surface area (Å²) in [7, 11) is -2.57. The number of carbonyl (C=O) groups excluding carboxylic acids is 1. The summed E-state index contributed by atoms with van der Waals surface area (Å²) < 4.78 is 34.6. The number of sulfonamides is 1. The number of hydrogen-bond acceptors (Lipinski definition) is 7. The molecule has 0 saturated heterocycles. The molecule has 1 aliphatic carbocycles. The normalized spacial score (nSPS) is 13.2. The molecular weight excluding hydrogens is 496 g/mol. The average Bonchev–Trinajstić information content (AvgIpc) is 3.66. The number of ether oxygens (including phenoxy) is 1. The van der Waals surface area contributed by atoms with Gasteiger partial charge in [-0.05, 0) is 48.7 Å². The summed E-state index contributed by atoms with van der Waals surface area (Å²) in [5.74, 6) is 0.415. The number of nitrogens with zero attached hydrogens (tertiary/aromatic N) is 3. The van der Waals surface area contributed by atoms with Gasteiger partial charge in [-0.1, -0.05) is 59.9 Å². The topological polar surface area (TPSA) is 101 Å². The predicted octanol–water partition coefficient (Wildman–Crippen LogP) is 5.07. The summed E-state index contributed by atoms with van der Waals surface area (Å²) in [5, 5.41) is 12.2. The fourth-order valence-electron chi connectivity index (χ4n) is 3.76. The van der Waals surface area contributed by atoms with Crippen LogP contribution < -0.4 is 14.4 Å². The van der Waals surface area contributed by atoms with Gasteiger partial charge in [0.15, 0.2) is 0 Å². The summed E-state index contributed by atoms with van der Waals surface area (Å²) in [6.07, 6.45) is 2.18. The van der Waals surface area contributed by atoms with E-state index in [1.165, 1.54) is 34.9 Å². The second kappa shape index (κ2) is 10.1. The van der Waals surface area contributed by atoms with Crippen LogP contribution in [-0.2, 0) is 16.6 Å². The number of para-hydroxylation sites is 2. The fourth-order valence-corrected chi connectivity index (χ4v) is 6.18. The van der Waals surface area contributed by atoms with Crippen molar-refractivity contribution in [2.75, 3.05) is 16.7 Å². The lowest BCUT2D eigenvalue weighted by molar-refractivity contribution is 0.102. The molecule has 1 aliphatic rings. The van der Waals surface area contributed by atoms with E-state index in [-0.39, 0.29) is 17.0 Å². The Balaban J connectivity index is 1.47. The van der Waals surface area contributed by atoms with Crippen molar-refractivity contribution in [3.8, 4) is 5.75 Å². The van der Waals surface area contributed by atoms with Crippen LogP contribution in [0, 0.1) is 0 Å². The SMILES string of the molecule is COc1ccccc1N(Cc1ccccc1)S(=O)(=O)c1cccc(C(=O)Nc2nnc(C3CC3)s2)c1. The number of nitrogens with one attached hydrogen (secondary N) is 1. The monoisotopic (exact) mass is 520 g/mol. The molecule has 0 radical (unpaired) electrons. The van der Waals surface area contributed by atoms with Crippen molar-refractivity contribution in [2.45, 2.75) is 30.2 Å². The van der Waals surface area contributed by atoms with E-state index >= 15 is 0 Å². The van der Waals surface area contributed by atoms with Crippen LogP contribution in [0.25, 0.3) is 0 Å². The van der Waals surface area contributed by atoms with Gasteiger partial charge in [-0.2, -0.15) is 0 Å². The molecule has 0 spiro atoms. The summed E-state index contributed by atoms with van der Waals surface area (Å²) in [4.78, 5) is 12.9. The van der Waals surface area contributed by atoms with E-state index in [0.29, 0.717) is 22.5 Å². The maximum Gasteiger partial charge on any atom is 0.264 e. The third-order valence-corrected chi connectivity index (χ3v) is 8.55. The van der Waals surface area contributed by atoms with Crippen molar-refractivity contribution in [3.63, 3.8) is 0 Å². The number of hydrogen-bond donors (Lipinski definition) is 1. The fraction of sp³-hybridized carbons (Fsp3) is 0.192. The number of rotatable bonds is 9. The third kappa shape index (κ3) is 5.09. The lowest BCUT2D eigenvalue weighted by atomic mass is 10.2. The predicted molar refractivity (Wildman–Crippen MR) is 139 cm³/mol. The molecule has 1 saturated carbocycles. The Kier molecular flexibility index (Phi) is 6.71. The molecular formula is C26H24N4O4S2. The van der Waals surface area contributed by atoms with E-state index in [2.05, 4.69) is 15.5 Å². The van der Waals surface area contributed by atoms with Crippen molar-refractivity contribution < 1.29 is 17.9 Å². The molecule has 0 aliphatic heterocycles. The zero-order valence-corrected chi connectivity index (χ0v) is 21.1. The first-order valence-corrected chi connectivity index (χ1v) is 13.7. The molecule has 0 atom stereocenters. The van der Waals surface area contributed by atoms with Crippen LogP contribution in [0.15, 0.2) is 83.8 Å². The Hall–Kier alpha value is -3.76. The zero-order valence-electron chi connectivity index (χ0n) is 19.5. The van der Waals surface area contributed by atoms with E-state index < -0.39 is 15.9 Å². The van der Waals surface area contributed by atoms with Crippen LogP contribution in [0.3, 0.4) is 0 Å². The van der Waals surface area contributed by atoms with Crippen LogP contribution in [-0.4, -0.2) is 31.6 Å². The minimum atomic E-state index is -4.06. The minimum absolute atomic E-state index is 0.00656. The van der Waals surface area contributed by atoms with Gasteiger partial charge in [0.25, 0.3) is 15.9 Å². The number of anilines is 2. The molecule has 1 heterocycles. The third-order valence-electron chi connectivity index (χ3n) is 5.79. The summed E-state index contributed by atoms with van der Waals surface area (Å²) in [6, 6.07) is 22.2. The zero-order chi connectivity index (χ0) is 25.1. The van der Waals surface area contributed by atoms with E-state index in [0.717, 1.165) is 23.4 Å². The molecule has 1 amide bonds. The maximum absolute atomic E-state index is 13.9. The van der Waals surface area contributed by atoms with E-state index in [9.17, 15) is 13.2 Å². The second-order valence-corrected chi connectivity index (χ2v) is 11.2. The summed E-state index contributed by atoms with van der Waals surface area (Å²) in [6.45, 7) is 0.0920. The molecule has 1 N–H and O–H groups in total. The molecule has 1 aromatic heterocycles. The van der Waals surface area contributed by atoms with Gasteiger partial charge in [0.05, 0.1) is 24.2 Å². The number of carbonyl (C=O) groups is 1. The van der Waals surface area contributed by atoms with Gasteiger partial charge < -0.3 is 4.74 Å². The van der Waals surface area contributed by atoms with Crippen LogP contribution in [0.1, 0.15) is 39.7 Å². The molecule has 36 heavy (non-hydrogen) atoms. The van der Waals surface area contributed by atoms with Gasteiger partial charge in [-0.3, -0.25) is 14.4 Å². The molecule has 1 fully saturated rings. The van der Waals surface area contributed by atoms with Gasteiger partial charge in [0.1, 0.15) is 10.8 Å². The van der Waals surface area contributed by atoms with Gasteiger partial charge in [0, 0.05) is 11.5 Å². The number of aromatic nitrogens is 2. The Morgan fingerprint density at radius 2 is 1.78 bits per heavy atom. The Bertz CT molecular complexity index is 1480. The number of benzene rings is 3. The van der Waals surface area contributed by atoms with Gasteiger partial charge in [-0.15, -0.1) is 10.2 Å². The highest BCUT2D eigenvalue weighted by Gasteiger charge is 2.29. The minimum Gasteiger partial charge on any atom is -0.495 e. The first-order valence-electron chi connectivity index (χ1n) is 11.4. The number of amides is 1. The maximum atomic E-state index is 13.9. The van der Waals surface area contributed by atoms with Crippen molar-refractivity contribution in [2.24, 2.45) is 0 Å². The average molecular weight is 521 g/mol. The Morgan fingerprint density at radius 1 is 1.03 bits per heavy atom. The molecule has 4 aromatic rings. The van der Waals surface area contributed by atoms with Crippen LogP contribution >= 0.6 is 11.3 Å². The molecule has 10 heteroatoms. The highest BCUT2D eigenvalue weighted by Crippen LogP contribution is 2.42. The largest absolute Gasteiger partial charge is 0.495 e. The lowest BCUT2D eigenvalue weighted by Crippen LogP contribution is -2.31. The van der Waals surface area contributed by atoms with E-state index in [4.69, 9.17) is 4.74 Å². The van der Waals surface area contributed by atoms with Gasteiger partial charge in [0.2, 0.25) is 5.13 Å². The number of methoxy groups -OCH3 is 1. The van der Waals surface area contributed by atoms with Crippen LogP contribution in [0.2, 0.25) is 0 Å². The van der Waals surface area contributed by atoms with Gasteiger partial charge in [-0.25, -0.2) is 8.42 Å². The molecule has 3 aromatic carbocycles. The van der Waals surface area contributed by atoms with Crippen LogP contribution in [0.4, 0.5) is 10.8 Å². The first kappa shape index (κ1) is 24.0. The Labute approximate surface area is 213 Å². The van der Waals surface area contributed by atoms with Crippen LogP contribution in [0.5, 0.6) is 5.75 Å². The van der Waals surface area contributed by atoms with Crippen molar-refractivity contribution >= 4 is 38.1 Å². The van der Waals surface area contributed by atoms with Crippen molar-refractivity contribution in [1.82, 2.24) is 10.2 Å². The van der Waals surface area contributed by atoms with Gasteiger partial charge >= 0.3 is 0 Å². The molecule has 0 bridgehead atoms. The quantitative estimate of drug-likeness (QED) is 0.331. The van der Waals surface area contributed by atoms with Crippen molar-refractivity contribution in [3.05, 3.63) is 95.0 Å². The second-order valence-electron chi connectivity index (χ2n) is 8.37. The lowest BCUT2D eigenvalue weighted by Gasteiger charge is -2.26. The van der Waals surface area contributed by atoms with E-state index in [1.54, 1.807) is 36.4 Å². The molecule has 184 valence electrons. The smallest absolute Gasteiger partial charge is 0.264 e. The van der Waals surface area contributed by atoms with E-state index in [1.807, 2.05) is 30.3 Å².